The molecule has 20 heavy (non-hydrogen) atoms. The maximum absolute atomic E-state index is 3.57. The Morgan fingerprint density at radius 1 is 1.05 bits per heavy atom. The summed E-state index contributed by atoms with van der Waals surface area (Å²) in [7, 11) is 4.18. The third-order valence-corrected chi connectivity index (χ3v) is 3.39. The number of aryl methyl sites for hydroxylation is 1. The molecular formula is C18H24N2. The summed E-state index contributed by atoms with van der Waals surface area (Å²) in [6, 6.07) is 17.7. The molecule has 0 saturated carbocycles. The maximum Gasteiger partial charge on any atom is 0.0485 e. The topological polar surface area (TPSA) is 15.3 Å². The zero-order chi connectivity index (χ0) is 14.5. The molecular weight excluding hydrogens is 244 g/mol. The highest BCUT2D eigenvalue weighted by Gasteiger charge is 2.05. The summed E-state index contributed by atoms with van der Waals surface area (Å²) in [5.41, 5.74) is 5.12. The number of anilines is 1. The van der Waals surface area contributed by atoms with E-state index in [9.17, 15) is 0 Å². The molecule has 0 aromatic heterocycles. The summed E-state index contributed by atoms with van der Waals surface area (Å²) in [6.45, 7) is 5.28. The molecule has 1 unspecified atom stereocenters. The van der Waals surface area contributed by atoms with Crippen LogP contribution in [0.4, 0.5) is 5.69 Å². The van der Waals surface area contributed by atoms with E-state index in [0.29, 0.717) is 6.04 Å². The van der Waals surface area contributed by atoms with Crippen molar-refractivity contribution in [1.82, 2.24) is 4.90 Å². The number of hydrogen-bond acceptors (Lipinski definition) is 2. The van der Waals surface area contributed by atoms with Crippen molar-refractivity contribution in [2.45, 2.75) is 26.4 Å². The van der Waals surface area contributed by atoms with Crippen molar-refractivity contribution < 1.29 is 0 Å². The standard InChI is InChI=1S/C18H24N2/c1-14-8-10-17(11-9-14)15(2)19-18-7-5-6-16(12-18)13-20(3)4/h5-12,15,19H,13H2,1-4H3. The Kier molecular flexibility index (Phi) is 4.80. The molecule has 0 aliphatic rings. The van der Waals surface area contributed by atoms with Crippen LogP contribution in [0.15, 0.2) is 48.5 Å². The fourth-order valence-electron chi connectivity index (χ4n) is 2.31. The second-order valence-corrected chi connectivity index (χ2v) is 5.71. The van der Waals surface area contributed by atoms with Crippen molar-refractivity contribution in [2.75, 3.05) is 19.4 Å². The van der Waals surface area contributed by atoms with Gasteiger partial charge in [0.05, 0.1) is 0 Å². The van der Waals surface area contributed by atoms with Crippen LogP contribution in [-0.4, -0.2) is 19.0 Å². The van der Waals surface area contributed by atoms with Crippen molar-refractivity contribution in [1.29, 1.82) is 0 Å². The zero-order valence-corrected chi connectivity index (χ0v) is 12.9. The third kappa shape index (κ3) is 4.10. The second kappa shape index (κ2) is 6.58. The van der Waals surface area contributed by atoms with E-state index < -0.39 is 0 Å². The molecule has 0 saturated heterocycles. The monoisotopic (exact) mass is 268 g/mol. The number of nitrogens with zero attached hydrogens (tertiary/aromatic N) is 1. The summed E-state index contributed by atoms with van der Waals surface area (Å²) in [5, 5.41) is 3.57. The van der Waals surface area contributed by atoms with Gasteiger partial charge in [-0.2, -0.15) is 0 Å². The molecule has 2 rings (SSSR count). The molecule has 2 aromatic carbocycles. The molecule has 0 fully saturated rings. The molecule has 0 radical (unpaired) electrons. The molecule has 1 atom stereocenters. The summed E-state index contributed by atoms with van der Waals surface area (Å²) in [6.07, 6.45) is 0. The summed E-state index contributed by atoms with van der Waals surface area (Å²) in [5.74, 6) is 0. The van der Waals surface area contributed by atoms with E-state index in [1.165, 1.54) is 22.4 Å². The molecule has 0 aliphatic carbocycles. The Labute approximate surface area is 122 Å². The van der Waals surface area contributed by atoms with Gasteiger partial charge in [0, 0.05) is 18.3 Å². The molecule has 0 aliphatic heterocycles. The minimum Gasteiger partial charge on any atom is -0.379 e. The smallest absolute Gasteiger partial charge is 0.0485 e. The molecule has 0 amide bonds. The highest BCUT2D eigenvalue weighted by Crippen LogP contribution is 2.20. The van der Waals surface area contributed by atoms with Gasteiger partial charge in [0.15, 0.2) is 0 Å². The SMILES string of the molecule is Cc1ccc(C(C)Nc2cccc(CN(C)C)c2)cc1. The Hall–Kier alpha value is -1.80. The van der Waals surface area contributed by atoms with E-state index in [0.717, 1.165) is 6.54 Å². The van der Waals surface area contributed by atoms with Gasteiger partial charge in [-0.1, -0.05) is 42.0 Å². The molecule has 0 spiro atoms. The van der Waals surface area contributed by atoms with Gasteiger partial charge in [0.2, 0.25) is 0 Å². The van der Waals surface area contributed by atoms with Gasteiger partial charge >= 0.3 is 0 Å². The van der Waals surface area contributed by atoms with E-state index in [2.05, 4.69) is 86.7 Å². The van der Waals surface area contributed by atoms with Gasteiger partial charge in [-0.15, -0.1) is 0 Å². The van der Waals surface area contributed by atoms with Crippen LogP contribution < -0.4 is 5.32 Å². The summed E-state index contributed by atoms with van der Waals surface area (Å²) < 4.78 is 0. The van der Waals surface area contributed by atoms with Crippen LogP contribution in [0, 0.1) is 6.92 Å². The normalized spacial score (nSPS) is 12.4. The largest absolute Gasteiger partial charge is 0.379 e. The predicted octanol–water partition coefficient (Wildman–Crippen LogP) is 4.23. The Balaban J connectivity index is 2.07. The van der Waals surface area contributed by atoms with Crippen LogP contribution in [0.1, 0.15) is 29.7 Å². The van der Waals surface area contributed by atoms with Crippen LogP contribution in [0.2, 0.25) is 0 Å². The number of nitrogens with one attached hydrogen (secondary N) is 1. The lowest BCUT2D eigenvalue weighted by atomic mass is 10.1. The molecule has 0 heterocycles. The van der Waals surface area contributed by atoms with Crippen LogP contribution in [-0.2, 0) is 6.54 Å². The van der Waals surface area contributed by atoms with Gasteiger partial charge in [-0.25, -0.2) is 0 Å². The fraction of sp³-hybridized carbons (Fsp3) is 0.333. The Bertz CT molecular complexity index is 544. The van der Waals surface area contributed by atoms with Gasteiger partial charge in [-0.3, -0.25) is 0 Å². The van der Waals surface area contributed by atoms with E-state index in [1.807, 2.05) is 0 Å². The fourth-order valence-corrected chi connectivity index (χ4v) is 2.31. The maximum atomic E-state index is 3.57. The van der Waals surface area contributed by atoms with Crippen LogP contribution >= 0.6 is 0 Å². The first-order valence-electron chi connectivity index (χ1n) is 7.11. The summed E-state index contributed by atoms with van der Waals surface area (Å²) in [4.78, 5) is 2.18. The van der Waals surface area contributed by atoms with E-state index >= 15 is 0 Å². The molecule has 0 bridgehead atoms. The van der Waals surface area contributed by atoms with E-state index in [1.54, 1.807) is 0 Å². The molecule has 2 aromatic rings. The third-order valence-electron chi connectivity index (χ3n) is 3.39. The molecule has 106 valence electrons. The van der Waals surface area contributed by atoms with Gasteiger partial charge in [0.1, 0.15) is 0 Å². The number of rotatable bonds is 5. The first kappa shape index (κ1) is 14.6. The Morgan fingerprint density at radius 3 is 2.40 bits per heavy atom. The second-order valence-electron chi connectivity index (χ2n) is 5.71. The van der Waals surface area contributed by atoms with Gasteiger partial charge < -0.3 is 10.2 Å². The lowest BCUT2D eigenvalue weighted by Crippen LogP contribution is -2.11. The van der Waals surface area contributed by atoms with Gasteiger partial charge in [-0.05, 0) is 51.2 Å². The molecule has 2 heteroatoms. The predicted molar refractivity (Wildman–Crippen MR) is 87.0 cm³/mol. The molecule has 1 N–H and O–H groups in total. The average Bonchev–Trinajstić information content (AvgIpc) is 2.39. The first-order valence-corrected chi connectivity index (χ1v) is 7.11. The quantitative estimate of drug-likeness (QED) is 0.873. The van der Waals surface area contributed by atoms with Crippen molar-refractivity contribution in [3.05, 3.63) is 65.2 Å². The number of benzene rings is 2. The van der Waals surface area contributed by atoms with Crippen LogP contribution in [0.3, 0.4) is 0 Å². The lowest BCUT2D eigenvalue weighted by molar-refractivity contribution is 0.402. The first-order chi connectivity index (χ1) is 9.54. The lowest BCUT2D eigenvalue weighted by Gasteiger charge is -2.17. The van der Waals surface area contributed by atoms with Gasteiger partial charge in [0.25, 0.3) is 0 Å². The van der Waals surface area contributed by atoms with Crippen molar-refractivity contribution in [3.63, 3.8) is 0 Å². The summed E-state index contributed by atoms with van der Waals surface area (Å²) >= 11 is 0. The Morgan fingerprint density at radius 2 is 1.75 bits per heavy atom. The van der Waals surface area contributed by atoms with Crippen LogP contribution in [0.25, 0.3) is 0 Å². The minimum atomic E-state index is 0.310. The highest BCUT2D eigenvalue weighted by atomic mass is 15.0. The average molecular weight is 268 g/mol. The van der Waals surface area contributed by atoms with Crippen molar-refractivity contribution >= 4 is 5.69 Å². The number of hydrogen-bond donors (Lipinski definition) is 1. The van der Waals surface area contributed by atoms with Crippen molar-refractivity contribution in [2.24, 2.45) is 0 Å². The minimum absolute atomic E-state index is 0.310. The highest BCUT2D eigenvalue weighted by molar-refractivity contribution is 5.47. The van der Waals surface area contributed by atoms with E-state index in [4.69, 9.17) is 0 Å². The molecule has 2 nitrogen and oxygen atoms in total. The van der Waals surface area contributed by atoms with E-state index in [-0.39, 0.29) is 0 Å². The van der Waals surface area contributed by atoms with Crippen molar-refractivity contribution in [3.8, 4) is 0 Å². The van der Waals surface area contributed by atoms with Crippen LogP contribution in [0.5, 0.6) is 0 Å². The zero-order valence-electron chi connectivity index (χ0n) is 12.9.